The number of rotatable bonds is 8. The average molecular weight is 555 g/mol. The molecule has 2 aliphatic rings. The number of benzene rings is 1. The van der Waals surface area contributed by atoms with E-state index in [1.54, 1.807) is 13.0 Å². The predicted octanol–water partition coefficient (Wildman–Crippen LogP) is 5.43. The van der Waals surface area contributed by atoms with Gasteiger partial charge in [0.15, 0.2) is 0 Å². The normalized spacial score (nSPS) is 22.1. The molecule has 0 spiro atoms. The van der Waals surface area contributed by atoms with Crippen molar-refractivity contribution in [3.8, 4) is 11.1 Å². The molecule has 8 heteroatoms. The molecule has 2 heterocycles. The number of carbonyl (C=O) groups is 2. The van der Waals surface area contributed by atoms with Crippen molar-refractivity contribution in [2.24, 2.45) is 17.3 Å². The van der Waals surface area contributed by atoms with Gasteiger partial charge in [0.1, 0.15) is 5.82 Å². The van der Waals surface area contributed by atoms with Gasteiger partial charge in [-0.15, -0.1) is 0 Å². The number of nitrogens with zero attached hydrogens (tertiary/aromatic N) is 2. The SMILES string of the molecule is CCOC(=O)c1cn(C[C@]2(O)CCN(C(=O)[C@H](C)CC3CCCCC3)CC2(C)C)c(=O)cc1-c1ccccc1F. The van der Waals surface area contributed by atoms with Gasteiger partial charge in [-0.2, -0.15) is 0 Å². The maximum Gasteiger partial charge on any atom is 0.340 e. The molecule has 1 amide bonds. The highest BCUT2D eigenvalue weighted by Crippen LogP contribution is 2.41. The summed E-state index contributed by atoms with van der Waals surface area (Å²) < 4.78 is 21.2. The van der Waals surface area contributed by atoms with Crippen LogP contribution in [-0.4, -0.2) is 51.7 Å². The van der Waals surface area contributed by atoms with Crippen molar-refractivity contribution >= 4 is 11.9 Å². The van der Waals surface area contributed by atoms with Gasteiger partial charge in [0.2, 0.25) is 5.91 Å². The number of piperidine rings is 1. The Labute approximate surface area is 236 Å². The Hall–Kier alpha value is -3.00. The maximum atomic E-state index is 14.6. The third-order valence-corrected chi connectivity index (χ3v) is 9.00. The van der Waals surface area contributed by atoms with E-state index in [1.165, 1.54) is 67.1 Å². The highest BCUT2D eigenvalue weighted by atomic mass is 19.1. The molecule has 7 nitrogen and oxygen atoms in total. The summed E-state index contributed by atoms with van der Waals surface area (Å²) >= 11 is 0. The quantitative estimate of drug-likeness (QED) is 0.440. The summed E-state index contributed by atoms with van der Waals surface area (Å²) in [5.41, 5.74) is -2.17. The first-order valence-electron chi connectivity index (χ1n) is 14.6. The van der Waals surface area contributed by atoms with Gasteiger partial charge in [-0.3, -0.25) is 9.59 Å². The molecule has 218 valence electrons. The Morgan fingerprint density at radius 2 is 1.85 bits per heavy atom. The van der Waals surface area contributed by atoms with Crippen LogP contribution < -0.4 is 5.56 Å². The van der Waals surface area contributed by atoms with Gasteiger partial charge in [-0.1, -0.05) is 71.1 Å². The van der Waals surface area contributed by atoms with E-state index in [9.17, 15) is 23.9 Å². The number of carbonyl (C=O) groups excluding carboxylic acids is 2. The third-order valence-electron chi connectivity index (χ3n) is 9.00. The molecule has 2 fully saturated rings. The molecule has 1 aliphatic heterocycles. The van der Waals surface area contributed by atoms with E-state index in [4.69, 9.17) is 4.74 Å². The molecule has 1 saturated heterocycles. The third kappa shape index (κ3) is 6.32. The van der Waals surface area contributed by atoms with Crippen LogP contribution in [0.15, 0.2) is 41.3 Å². The fourth-order valence-electron chi connectivity index (χ4n) is 6.43. The molecule has 2 atom stereocenters. The van der Waals surface area contributed by atoms with E-state index in [0.29, 0.717) is 19.0 Å². The molecule has 0 bridgehead atoms. The smallest absolute Gasteiger partial charge is 0.340 e. The van der Waals surface area contributed by atoms with Crippen molar-refractivity contribution in [2.45, 2.75) is 84.8 Å². The molecule has 1 aromatic carbocycles. The van der Waals surface area contributed by atoms with E-state index >= 15 is 0 Å². The lowest BCUT2D eigenvalue weighted by atomic mass is 9.69. The molecule has 0 radical (unpaired) electrons. The van der Waals surface area contributed by atoms with Gasteiger partial charge in [0.25, 0.3) is 5.56 Å². The lowest BCUT2D eigenvalue weighted by molar-refractivity contribution is -0.157. The van der Waals surface area contributed by atoms with Gasteiger partial charge < -0.3 is 19.3 Å². The Bertz CT molecular complexity index is 1280. The largest absolute Gasteiger partial charge is 0.462 e. The number of esters is 1. The summed E-state index contributed by atoms with van der Waals surface area (Å²) in [6.07, 6.45) is 8.72. The Kier molecular flexibility index (Phi) is 9.18. The van der Waals surface area contributed by atoms with Crippen LogP contribution in [0.5, 0.6) is 0 Å². The maximum absolute atomic E-state index is 14.6. The average Bonchev–Trinajstić information content (AvgIpc) is 2.92. The highest BCUT2D eigenvalue weighted by molar-refractivity contribution is 5.97. The van der Waals surface area contributed by atoms with Crippen LogP contribution >= 0.6 is 0 Å². The monoisotopic (exact) mass is 554 g/mol. The first-order valence-corrected chi connectivity index (χ1v) is 14.6. The second-order valence-corrected chi connectivity index (χ2v) is 12.3. The number of hydrogen-bond donors (Lipinski definition) is 1. The Morgan fingerprint density at radius 3 is 2.50 bits per heavy atom. The molecule has 1 N–H and O–H groups in total. The molecular formula is C32H43FN2O5. The Balaban J connectivity index is 1.56. The fourth-order valence-corrected chi connectivity index (χ4v) is 6.43. The number of halogens is 1. The lowest BCUT2D eigenvalue weighted by Gasteiger charge is -2.51. The molecule has 1 saturated carbocycles. The minimum absolute atomic E-state index is 0.0529. The first-order chi connectivity index (χ1) is 19.0. The van der Waals surface area contributed by atoms with Crippen LogP contribution in [0.25, 0.3) is 11.1 Å². The number of ether oxygens (including phenoxy) is 1. The Morgan fingerprint density at radius 1 is 1.15 bits per heavy atom. The van der Waals surface area contributed by atoms with Crippen molar-refractivity contribution in [2.75, 3.05) is 19.7 Å². The summed E-state index contributed by atoms with van der Waals surface area (Å²) in [5, 5.41) is 11.9. The fraction of sp³-hybridized carbons (Fsp3) is 0.594. The topological polar surface area (TPSA) is 88.8 Å². The molecule has 0 unspecified atom stereocenters. The number of aliphatic hydroxyl groups is 1. The summed E-state index contributed by atoms with van der Waals surface area (Å²) in [6.45, 7) is 8.31. The molecule has 40 heavy (non-hydrogen) atoms. The molecular weight excluding hydrogens is 511 g/mol. The van der Waals surface area contributed by atoms with Gasteiger partial charge >= 0.3 is 5.97 Å². The van der Waals surface area contributed by atoms with Gasteiger partial charge in [0.05, 0.1) is 24.3 Å². The van der Waals surface area contributed by atoms with Gasteiger partial charge in [-0.05, 0) is 31.7 Å². The minimum Gasteiger partial charge on any atom is -0.462 e. The second-order valence-electron chi connectivity index (χ2n) is 12.3. The van der Waals surface area contributed by atoms with Crippen LogP contribution in [-0.2, 0) is 16.1 Å². The summed E-state index contributed by atoms with van der Waals surface area (Å²) in [5.74, 6) is -0.564. The zero-order valence-electron chi connectivity index (χ0n) is 24.2. The van der Waals surface area contributed by atoms with E-state index in [-0.39, 0.29) is 48.1 Å². The summed E-state index contributed by atoms with van der Waals surface area (Å²) in [7, 11) is 0. The predicted molar refractivity (Wildman–Crippen MR) is 152 cm³/mol. The number of likely N-dealkylation sites (tertiary alicyclic amines) is 1. The van der Waals surface area contributed by atoms with Crippen LogP contribution in [0.3, 0.4) is 0 Å². The van der Waals surface area contributed by atoms with Crippen LogP contribution in [0.4, 0.5) is 4.39 Å². The van der Waals surface area contributed by atoms with E-state index < -0.39 is 28.4 Å². The number of pyridine rings is 1. The van der Waals surface area contributed by atoms with Crippen molar-refractivity contribution in [1.82, 2.24) is 9.47 Å². The highest BCUT2D eigenvalue weighted by Gasteiger charge is 2.49. The van der Waals surface area contributed by atoms with Gasteiger partial charge in [-0.25, -0.2) is 9.18 Å². The summed E-state index contributed by atoms with van der Waals surface area (Å²) in [4.78, 5) is 41.3. The molecule has 1 aliphatic carbocycles. The van der Waals surface area contributed by atoms with Crippen molar-refractivity contribution in [3.63, 3.8) is 0 Å². The van der Waals surface area contributed by atoms with Gasteiger partial charge in [0, 0.05) is 47.8 Å². The first kappa shape index (κ1) is 30.0. The van der Waals surface area contributed by atoms with E-state index in [2.05, 4.69) is 0 Å². The standard InChI is InChI=1S/C32H43FN2O5/c1-5-40-30(38)26-19-35(28(36)18-25(26)24-13-9-10-14-27(24)33)21-32(39)15-16-34(20-31(32,3)4)29(37)22(2)17-23-11-7-6-8-12-23/h9-10,13-14,18-19,22-23,39H,5-8,11-12,15-17,20-21H2,1-4H3/t22-,32-/m1/s1. The number of aromatic nitrogens is 1. The van der Waals surface area contributed by atoms with Crippen molar-refractivity contribution < 1.29 is 23.8 Å². The lowest BCUT2D eigenvalue weighted by Crippen LogP contribution is -2.61. The number of hydrogen-bond acceptors (Lipinski definition) is 5. The zero-order valence-corrected chi connectivity index (χ0v) is 24.2. The minimum atomic E-state index is -1.31. The number of amides is 1. The van der Waals surface area contributed by atoms with E-state index in [1.807, 2.05) is 25.7 Å². The van der Waals surface area contributed by atoms with E-state index in [0.717, 1.165) is 6.42 Å². The second kappa shape index (κ2) is 12.2. The molecule has 2 aromatic rings. The van der Waals surface area contributed by atoms with Crippen LogP contribution in [0.1, 0.15) is 83.0 Å². The zero-order chi connectivity index (χ0) is 29.1. The van der Waals surface area contributed by atoms with Crippen LogP contribution in [0, 0.1) is 23.1 Å². The van der Waals surface area contributed by atoms with Crippen molar-refractivity contribution in [3.05, 3.63) is 58.3 Å². The van der Waals surface area contributed by atoms with Crippen LogP contribution in [0.2, 0.25) is 0 Å². The molecule has 4 rings (SSSR count). The van der Waals surface area contributed by atoms with Crippen molar-refractivity contribution in [1.29, 1.82) is 0 Å². The molecule has 1 aromatic heterocycles. The summed E-state index contributed by atoms with van der Waals surface area (Å²) in [6, 6.07) is 7.18.